The van der Waals surface area contributed by atoms with Crippen molar-refractivity contribution >= 4 is 34.4 Å². The first-order chi connectivity index (χ1) is 14.3. The van der Waals surface area contributed by atoms with Crippen LogP contribution in [0, 0.1) is 0 Å². The molecule has 0 saturated carbocycles. The number of nitrogens with two attached hydrogens (primary N) is 3. The van der Waals surface area contributed by atoms with E-state index in [4.69, 9.17) is 27.6 Å². The number of carbonyl (C=O) groups is 2. The molecular weight excluding hydrogens is 406 g/mol. The Morgan fingerprint density at radius 1 is 1.17 bits per heavy atom. The maximum atomic E-state index is 10.9. The van der Waals surface area contributed by atoms with Gasteiger partial charge in [-0.1, -0.05) is 60.3 Å². The number of thioether (sulfide) groups is 1. The third-order valence-electron chi connectivity index (χ3n) is 4.28. The quantitative estimate of drug-likeness (QED) is 0.175. The van der Waals surface area contributed by atoms with Gasteiger partial charge in [-0.25, -0.2) is 5.84 Å². The van der Waals surface area contributed by atoms with Crippen LogP contribution in [0.4, 0.5) is 0 Å². The Balaban J connectivity index is 1.96. The van der Waals surface area contributed by atoms with Crippen LogP contribution in [0.3, 0.4) is 0 Å². The van der Waals surface area contributed by atoms with Gasteiger partial charge in [0, 0.05) is 5.75 Å². The molecule has 10 heteroatoms. The minimum Gasteiger partial charge on any atom is -0.480 e. The standard InChI is InChI=1S/C20H25N5O4S/c21-17(19(28)29)10-13-4-7-16(8-5-13)15-3-1-2-14(6-9-15)12-30-20(24-22)25(23)11-18(26)27/h2-9,17H,1,10-12,21-23H2,(H,26,27)(H,28,29)/b24-20+. The van der Waals surface area contributed by atoms with Gasteiger partial charge < -0.3 is 21.8 Å². The van der Waals surface area contributed by atoms with Crippen LogP contribution in [0.2, 0.25) is 0 Å². The van der Waals surface area contributed by atoms with Crippen molar-refractivity contribution in [2.75, 3.05) is 12.3 Å². The minimum atomic E-state index is -1.07. The Morgan fingerprint density at radius 2 is 1.87 bits per heavy atom. The molecule has 0 amide bonds. The Kier molecular flexibility index (Phi) is 8.66. The molecule has 1 unspecified atom stereocenters. The van der Waals surface area contributed by atoms with E-state index in [1.807, 2.05) is 36.4 Å². The van der Waals surface area contributed by atoms with Crippen LogP contribution < -0.4 is 17.4 Å². The second kappa shape index (κ2) is 11.2. The third kappa shape index (κ3) is 7.07. The van der Waals surface area contributed by atoms with Gasteiger partial charge in [-0.2, -0.15) is 5.10 Å². The molecule has 0 aromatic heterocycles. The van der Waals surface area contributed by atoms with Crippen molar-refractivity contribution in [3.8, 4) is 0 Å². The highest BCUT2D eigenvalue weighted by Crippen LogP contribution is 2.23. The number of amidine groups is 1. The van der Waals surface area contributed by atoms with Crippen LogP contribution >= 0.6 is 11.8 Å². The Hall–Kier alpha value is -3.08. The SMILES string of the molecule is N/N=C(/SCC1=CCC=C(c2ccc(CC(N)C(=O)O)cc2)C=C1)N(N)CC(=O)O. The molecule has 1 aliphatic rings. The molecule has 0 bridgehead atoms. The van der Waals surface area contributed by atoms with Crippen LogP contribution in [0.15, 0.2) is 59.2 Å². The number of nitrogens with zero attached hydrogens (tertiary/aromatic N) is 2. The maximum absolute atomic E-state index is 10.9. The molecule has 2 rings (SSSR count). The van der Waals surface area contributed by atoms with E-state index in [1.165, 1.54) is 11.8 Å². The zero-order chi connectivity index (χ0) is 22.1. The highest BCUT2D eigenvalue weighted by Gasteiger charge is 2.13. The van der Waals surface area contributed by atoms with E-state index < -0.39 is 24.5 Å². The lowest BCUT2D eigenvalue weighted by atomic mass is 10.00. The van der Waals surface area contributed by atoms with Gasteiger partial charge in [0.25, 0.3) is 0 Å². The van der Waals surface area contributed by atoms with Gasteiger partial charge in [0.1, 0.15) is 12.6 Å². The summed E-state index contributed by atoms with van der Waals surface area (Å²) in [5, 5.41) is 22.5. The molecule has 30 heavy (non-hydrogen) atoms. The van der Waals surface area contributed by atoms with E-state index in [9.17, 15) is 9.59 Å². The van der Waals surface area contributed by atoms with Gasteiger partial charge >= 0.3 is 11.9 Å². The van der Waals surface area contributed by atoms with Crippen molar-refractivity contribution in [1.82, 2.24) is 5.01 Å². The molecule has 0 spiro atoms. The summed E-state index contributed by atoms with van der Waals surface area (Å²) in [6.45, 7) is -0.392. The first-order valence-electron chi connectivity index (χ1n) is 9.09. The largest absolute Gasteiger partial charge is 0.480 e. The molecule has 160 valence electrons. The van der Waals surface area contributed by atoms with Crippen molar-refractivity contribution in [2.24, 2.45) is 22.5 Å². The van der Waals surface area contributed by atoms with Crippen LogP contribution in [-0.4, -0.2) is 50.7 Å². The van der Waals surface area contributed by atoms with Crippen molar-refractivity contribution < 1.29 is 19.8 Å². The molecule has 0 aliphatic heterocycles. The Bertz CT molecular complexity index is 893. The van der Waals surface area contributed by atoms with E-state index in [-0.39, 0.29) is 11.6 Å². The first-order valence-corrected chi connectivity index (χ1v) is 10.1. The van der Waals surface area contributed by atoms with Crippen molar-refractivity contribution in [1.29, 1.82) is 0 Å². The molecule has 1 aliphatic carbocycles. The average Bonchev–Trinajstić information content (AvgIpc) is 2.94. The summed E-state index contributed by atoms with van der Waals surface area (Å²) >= 11 is 1.25. The molecule has 9 nitrogen and oxygen atoms in total. The maximum Gasteiger partial charge on any atom is 0.324 e. The van der Waals surface area contributed by atoms with Crippen molar-refractivity contribution in [3.05, 3.63) is 65.3 Å². The number of benzene rings is 1. The summed E-state index contributed by atoms with van der Waals surface area (Å²) in [7, 11) is 0. The van der Waals surface area contributed by atoms with Crippen molar-refractivity contribution in [3.63, 3.8) is 0 Å². The van der Waals surface area contributed by atoms with Gasteiger partial charge in [0.05, 0.1) is 0 Å². The number of hydrogen-bond donors (Lipinski definition) is 5. The van der Waals surface area contributed by atoms with Crippen LogP contribution in [-0.2, 0) is 16.0 Å². The molecule has 0 fully saturated rings. The van der Waals surface area contributed by atoms with Gasteiger partial charge in [0.2, 0.25) is 0 Å². The molecule has 8 N–H and O–H groups in total. The summed E-state index contributed by atoms with van der Waals surface area (Å²) in [6, 6.07) is 6.72. The van der Waals surface area contributed by atoms with E-state index in [1.54, 1.807) is 0 Å². The van der Waals surface area contributed by atoms with Crippen LogP contribution in [0.1, 0.15) is 17.5 Å². The monoisotopic (exact) mass is 431 g/mol. The van der Waals surface area contributed by atoms with Gasteiger partial charge in [-0.3, -0.25) is 14.6 Å². The van der Waals surface area contributed by atoms with Crippen LogP contribution in [0.5, 0.6) is 0 Å². The second-order valence-electron chi connectivity index (χ2n) is 6.58. The molecule has 1 atom stereocenters. The topological polar surface area (TPSA) is 168 Å². The number of allylic oxidation sites excluding steroid dienone is 5. The lowest BCUT2D eigenvalue weighted by molar-refractivity contribution is -0.139. The molecule has 1 aromatic rings. The smallest absolute Gasteiger partial charge is 0.324 e. The zero-order valence-electron chi connectivity index (χ0n) is 16.3. The van der Waals surface area contributed by atoms with Gasteiger partial charge in [0.15, 0.2) is 5.17 Å². The molecule has 0 radical (unpaired) electrons. The first kappa shape index (κ1) is 23.2. The fourth-order valence-electron chi connectivity index (χ4n) is 2.72. The van der Waals surface area contributed by atoms with E-state index in [0.717, 1.165) is 33.7 Å². The summed E-state index contributed by atoms with van der Waals surface area (Å²) in [5.74, 6) is 9.43. The number of hydrazone groups is 1. The summed E-state index contributed by atoms with van der Waals surface area (Å²) in [6.07, 6.45) is 9.12. The fraction of sp³-hybridized carbons (Fsp3) is 0.250. The number of hydrogen-bond acceptors (Lipinski definition) is 7. The summed E-state index contributed by atoms with van der Waals surface area (Å²) in [4.78, 5) is 21.7. The summed E-state index contributed by atoms with van der Waals surface area (Å²) in [5.41, 5.74) is 9.53. The molecule has 1 aromatic carbocycles. The predicted molar refractivity (Wildman–Crippen MR) is 118 cm³/mol. The molecule has 0 saturated heterocycles. The van der Waals surface area contributed by atoms with E-state index in [0.29, 0.717) is 5.75 Å². The summed E-state index contributed by atoms with van der Waals surface area (Å²) < 4.78 is 0. The zero-order valence-corrected chi connectivity index (χ0v) is 17.1. The lowest BCUT2D eigenvalue weighted by Crippen LogP contribution is -2.40. The third-order valence-corrected chi connectivity index (χ3v) is 5.36. The lowest BCUT2D eigenvalue weighted by Gasteiger charge is -2.16. The van der Waals surface area contributed by atoms with E-state index >= 15 is 0 Å². The number of carboxylic acids is 2. The predicted octanol–water partition coefficient (Wildman–Crippen LogP) is 1.13. The fourth-order valence-corrected chi connectivity index (χ4v) is 3.54. The average molecular weight is 432 g/mol. The molecular formula is C20H25N5O4S. The number of rotatable bonds is 8. The Morgan fingerprint density at radius 3 is 2.47 bits per heavy atom. The number of hydrazine groups is 1. The highest BCUT2D eigenvalue weighted by atomic mass is 32.2. The normalized spacial score (nSPS) is 15.1. The highest BCUT2D eigenvalue weighted by molar-refractivity contribution is 8.13. The molecule has 0 heterocycles. The number of carboxylic acid groups (broad SMARTS) is 2. The Labute approximate surface area is 178 Å². The van der Waals surface area contributed by atoms with Crippen LogP contribution in [0.25, 0.3) is 5.57 Å². The van der Waals surface area contributed by atoms with Gasteiger partial charge in [-0.05, 0) is 35.1 Å². The van der Waals surface area contributed by atoms with Gasteiger partial charge in [-0.15, -0.1) is 0 Å². The van der Waals surface area contributed by atoms with Crippen molar-refractivity contribution in [2.45, 2.75) is 18.9 Å². The number of aliphatic carboxylic acids is 2. The van der Waals surface area contributed by atoms with E-state index in [2.05, 4.69) is 17.3 Å². The second-order valence-corrected chi connectivity index (χ2v) is 7.52. The minimum absolute atomic E-state index is 0.235.